The average Bonchev–Trinajstić information content (AvgIpc) is 4.20. The number of amides is 2. The van der Waals surface area contributed by atoms with Gasteiger partial charge in [-0.25, -0.2) is 14.8 Å². The van der Waals surface area contributed by atoms with Crippen molar-refractivity contribution >= 4 is 39.3 Å². The van der Waals surface area contributed by atoms with E-state index in [4.69, 9.17) is 28.4 Å². The molecule has 0 spiro atoms. The third-order valence-corrected chi connectivity index (χ3v) is 11.6. The Balaban J connectivity index is 0.000000182. The summed E-state index contributed by atoms with van der Waals surface area (Å²) in [5.74, 6) is -0.684. The average molecular weight is 972 g/mol. The number of carbonyl (C=O) groups excluding carboxylic acids is 1. The molecule has 4 heterocycles. The van der Waals surface area contributed by atoms with Crippen LogP contribution < -0.4 is 19.7 Å². The van der Waals surface area contributed by atoms with Crippen molar-refractivity contribution in [2.75, 3.05) is 43.2 Å². The van der Waals surface area contributed by atoms with Crippen molar-refractivity contribution in [2.45, 2.75) is 50.7 Å². The number of aromatic nitrogens is 4. The second-order valence-corrected chi connectivity index (χ2v) is 16.9. The lowest BCUT2D eigenvalue weighted by Gasteiger charge is -2.29. The van der Waals surface area contributed by atoms with Crippen molar-refractivity contribution < 1.29 is 43.1 Å². The van der Waals surface area contributed by atoms with Crippen LogP contribution in [0.1, 0.15) is 34.0 Å². The van der Waals surface area contributed by atoms with Crippen molar-refractivity contribution in [3.8, 4) is 11.5 Å². The van der Waals surface area contributed by atoms with Gasteiger partial charge in [0.1, 0.15) is 36.9 Å². The molecule has 0 saturated carbocycles. The van der Waals surface area contributed by atoms with Crippen LogP contribution in [0.15, 0.2) is 169 Å². The molecule has 15 nitrogen and oxygen atoms in total. The number of benzene rings is 5. The molecule has 0 radical (unpaired) electrons. The molecule has 0 aliphatic carbocycles. The Labute approximate surface area is 396 Å². The molecule has 2 N–H and O–H groups in total. The molecule has 4 unspecified atom stereocenters. The fourth-order valence-corrected chi connectivity index (χ4v) is 7.99. The summed E-state index contributed by atoms with van der Waals surface area (Å²) in [7, 11) is 0. The Morgan fingerprint density at radius 3 is 1.84 bits per heavy atom. The van der Waals surface area contributed by atoms with Crippen LogP contribution in [-0.2, 0) is 43.6 Å². The highest BCUT2D eigenvalue weighted by Crippen LogP contribution is 2.38. The van der Waals surface area contributed by atoms with Crippen LogP contribution in [0.5, 0.6) is 11.5 Å². The topological polar surface area (TPSA) is 161 Å². The highest BCUT2D eigenvalue weighted by molar-refractivity contribution is 9.10. The molecule has 16 heteroatoms. The van der Waals surface area contributed by atoms with Crippen molar-refractivity contribution in [1.29, 1.82) is 0 Å². The van der Waals surface area contributed by atoms with Crippen LogP contribution in [-0.4, -0.2) is 81.4 Å². The first kappa shape index (κ1) is 46.7. The predicted molar refractivity (Wildman–Crippen MR) is 254 cm³/mol. The molecule has 2 saturated heterocycles. The van der Waals surface area contributed by atoms with Crippen molar-refractivity contribution in [3.05, 3.63) is 192 Å². The number of aryl methyl sites for hydroxylation is 1. The molecule has 9 rings (SSSR count). The van der Waals surface area contributed by atoms with Gasteiger partial charge in [0.05, 0.1) is 39.0 Å². The Morgan fingerprint density at radius 2 is 1.31 bits per heavy atom. The van der Waals surface area contributed by atoms with Crippen molar-refractivity contribution in [1.82, 2.24) is 19.1 Å². The highest BCUT2D eigenvalue weighted by Gasteiger charge is 2.45. The zero-order valence-electron chi connectivity index (χ0n) is 37.0. The van der Waals surface area contributed by atoms with E-state index in [-0.39, 0.29) is 18.1 Å². The van der Waals surface area contributed by atoms with Gasteiger partial charge in [0.25, 0.3) is 5.91 Å². The van der Waals surface area contributed by atoms with Gasteiger partial charge in [-0.2, -0.15) is 0 Å². The molecule has 4 atom stereocenters. The van der Waals surface area contributed by atoms with Crippen molar-refractivity contribution in [2.24, 2.45) is 0 Å². The summed E-state index contributed by atoms with van der Waals surface area (Å²) in [5.41, 5.74) is 4.91. The number of rotatable bonds is 16. The molecule has 2 fully saturated rings. The van der Waals surface area contributed by atoms with Crippen LogP contribution in [0, 0.1) is 6.92 Å². The molecule has 2 amide bonds. The molecule has 2 aromatic heterocycles. The number of nitrogens with one attached hydrogen (secondary N) is 1. The van der Waals surface area contributed by atoms with Gasteiger partial charge in [-0.3, -0.25) is 9.69 Å². The minimum absolute atomic E-state index is 0.155. The smallest absolute Gasteiger partial charge is 0.411 e. The maximum Gasteiger partial charge on any atom is 0.411 e. The molecule has 7 aromatic rings. The Morgan fingerprint density at radius 1 is 0.746 bits per heavy atom. The Bertz CT molecular complexity index is 2660. The monoisotopic (exact) mass is 970 g/mol. The lowest BCUT2D eigenvalue weighted by atomic mass is 10.0. The summed E-state index contributed by atoms with van der Waals surface area (Å²) in [5, 5.41) is 12.1. The summed E-state index contributed by atoms with van der Waals surface area (Å²) in [4.78, 5) is 33.1. The van der Waals surface area contributed by atoms with E-state index in [1.807, 2.05) is 113 Å². The first-order chi connectivity index (χ1) is 32.6. The molecule has 67 heavy (non-hydrogen) atoms. The van der Waals surface area contributed by atoms with E-state index in [2.05, 4.69) is 37.3 Å². The summed E-state index contributed by atoms with van der Waals surface area (Å²) < 4.78 is 42.1. The molecular weight excluding hydrogens is 920 g/mol. The van der Waals surface area contributed by atoms with E-state index in [0.717, 1.165) is 21.2 Å². The number of halogens is 1. The number of ether oxygens (including phenoxy) is 6. The van der Waals surface area contributed by atoms with Crippen LogP contribution in [0.2, 0.25) is 0 Å². The number of carbonyl (C=O) groups is 2. The molecule has 5 aromatic carbocycles. The number of carboxylic acid groups (broad SMARTS) is 1. The molecule has 0 bridgehead atoms. The highest BCUT2D eigenvalue weighted by atomic mass is 79.9. The SMILES string of the molecule is CCN(C(=O)O)c1ccc(OCC2COC(Cn3ccnc3)(c3cccc(C)c3)O2)cc1.O=C(Nc1ccc(OCC2COC(Cn3ccnc3)(c3ccc(Br)cc3)O2)cc1)c1ccccc1. The van der Waals surface area contributed by atoms with Gasteiger partial charge in [0, 0.05) is 63.9 Å². The zero-order chi connectivity index (χ0) is 46.6. The van der Waals surface area contributed by atoms with Gasteiger partial charge >= 0.3 is 6.09 Å². The maximum absolute atomic E-state index is 12.3. The molecule has 2 aliphatic heterocycles. The van der Waals surface area contributed by atoms with Gasteiger partial charge < -0.3 is 48.0 Å². The number of nitrogens with zero attached hydrogens (tertiary/aromatic N) is 5. The van der Waals surface area contributed by atoms with Gasteiger partial charge in [-0.15, -0.1) is 0 Å². The summed E-state index contributed by atoms with van der Waals surface area (Å²) in [6.07, 6.45) is 9.22. The molecular formula is C51H51BrN6O9. The normalized spacial score (nSPS) is 19.8. The van der Waals surface area contributed by atoms with Crippen LogP contribution >= 0.6 is 15.9 Å². The van der Waals surface area contributed by atoms with E-state index in [9.17, 15) is 14.7 Å². The van der Waals surface area contributed by atoms with E-state index >= 15 is 0 Å². The van der Waals surface area contributed by atoms with Crippen LogP contribution in [0.3, 0.4) is 0 Å². The van der Waals surface area contributed by atoms with Gasteiger partial charge in [-0.1, -0.05) is 76.1 Å². The summed E-state index contributed by atoms with van der Waals surface area (Å²) in [6.45, 7) is 6.59. The lowest BCUT2D eigenvalue weighted by Crippen LogP contribution is -2.34. The maximum atomic E-state index is 12.3. The van der Waals surface area contributed by atoms with Gasteiger partial charge in [0.2, 0.25) is 11.6 Å². The number of anilines is 2. The number of hydrogen-bond donors (Lipinski definition) is 2. The number of hydrogen-bond acceptors (Lipinski definition) is 10. The third kappa shape index (κ3) is 12.0. The van der Waals surface area contributed by atoms with Crippen molar-refractivity contribution in [3.63, 3.8) is 0 Å². The van der Waals surface area contributed by atoms with E-state index in [1.165, 1.54) is 4.90 Å². The Kier molecular flexibility index (Phi) is 15.1. The van der Waals surface area contributed by atoms with Gasteiger partial charge in [-0.05, 0) is 86.6 Å². The lowest BCUT2D eigenvalue weighted by molar-refractivity contribution is -0.189. The fraction of sp³-hybridized carbons (Fsp3) is 0.255. The molecule has 346 valence electrons. The fourth-order valence-electron chi connectivity index (χ4n) is 7.73. The van der Waals surface area contributed by atoms with Crippen LogP contribution in [0.25, 0.3) is 0 Å². The zero-order valence-corrected chi connectivity index (χ0v) is 38.6. The first-order valence-electron chi connectivity index (χ1n) is 21.8. The minimum Gasteiger partial charge on any atom is -0.491 e. The minimum atomic E-state index is -0.983. The quantitative estimate of drug-likeness (QED) is 0.0950. The van der Waals surface area contributed by atoms with E-state index in [0.29, 0.717) is 74.5 Å². The van der Waals surface area contributed by atoms with E-state index < -0.39 is 17.7 Å². The van der Waals surface area contributed by atoms with Gasteiger partial charge in [0.15, 0.2) is 0 Å². The summed E-state index contributed by atoms with van der Waals surface area (Å²) in [6, 6.07) is 39.4. The van der Waals surface area contributed by atoms with Crippen LogP contribution in [0.4, 0.5) is 16.2 Å². The summed E-state index contributed by atoms with van der Waals surface area (Å²) >= 11 is 3.48. The first-order valence-corrected chi connectivity index (χ1v) is 22.6. The van der Waals surface area contributed by atoms with E-state index in [1.54, 1.807) is 68.4 Å². The largest absolute Gasteiger partial charge is 0.491 e. The standard InChI is InChI=1S/C27H24BrN3O4.C24H27N3O5/c28-22-8-6-21(7-9-22)27(18-31-15-14-29-19-31)34-17-25(35-27)16-33-24-12-10-23(11-13-24)30-26(32)20-4-2-1-3-5-20;1-3-27(23(28)29)20-7-9-21(10-8-20)30-14-22-15-31-24(32-22,16-26-12-11-25-17-26)19-6-4-5-18(2)13-19/h1-15,19,25H,16-18H2,(H,30,32);4-13,17,22H,3,14-16H2,1-2H3,(H,28,29). The molecule has 2 aliphatic rings. The predicted octanol–water partition coefficient (Wildman–Crippen LogP) is 9.29. The second kappa shape index (κ2) is 21.7. The number of imidazole rings is 2. The second-order valence-electron chi connectivity index (χ2n) is 15.9. The Hall–Kier alpha value is -6.82. The third-order valence-electron chi connectivity index (χ3n) is 11.1.